The third-order valence-electron chi connectivity index (χ3n) is 4.70. The van der Waals surface area contributed by atoms with Gasteiger partial charge in [0, 0.05) is 22.8 Å². The van der Waals surface area contributed by atoms with E-state index in [1.54, 1.807) is 18.2 Å². The van der Waals surface area contributed by atoms with Crippen LogP contribution in [0.2, 0.25) is 10.0 Å². The van der Waals surface area contributed by atoms with Crippen LogP contribution in [0.4, 0.5) is 10.1 Å². The molecule has 32 heavy (non-hydrogen) atoms. The molecule has 0 aromatic heterocycles. The predicted molar refractivity (Wildman–Crippen MR) is 127 cm³/mol. The van der Waals surface area contributed by atoms with E-state index in [1.165, 1.54) is 12.1 Å². The fourth-order valence-electron chi connectivity index (χ4n) is 3.11. The Kier molecular flexibility index (Phi) is 7.15. The maximum absolute atomic E-state index is 13.1. The SMILES string of the molecule is Fc1ccc(COc2c(Cl)cc(Cl)cc2CNc2ccc(Oc3ccccc3)cc2)cc1. The third kappa shape index (κ3) is 5.94. The van der Waals surface area contributed by atoms with Gasteiger partial charge in [0.1, 0.15) is 29.7 Å². The highest BCUT2D eigenvalue weighted by molar-refractivity contribution is 6.35. The van der Waals surface area contributed by atoms with Gasteiger partial charge in [0.2, 0.25) is 0 Å². The Bertz CT molecular complexity index is 1170. The number of anilines is 1. The van der Waals surface area contributed by atoms with Crippen LogP contribution in [0.25, 0.3) is 0 Å². The molecule has 6 heteroatoms. The molecule has 0 unspecified atom stereocenters. The van der Waals surface area contributed by atoms with Crippen LogP contribution in [0.5, 0.6) is 17.2 Å². The maximum Gasteiger partial charge on any atom is 0.143 e. The second-order valence-corrected chi connectivity index (χ2v) is 7.93. The summed E-state index contributed by atoms with van der Waals surface area (Å²) in [5, 5.41) is 4.29. The van der Waals surface area contributed by atoms with E-state index in [2.05, 4.69) is 5.32 Å². The molecule has 162 valence electrons. The van der Waals surface area contributed by atoms with Gasteiger partial charge in [0.25, 0.3) is 0 Å². The van der Waals surface area contributed by atoms with Crippen molar-refractivity contribution in [2.24, 2.45) is 0 Å². The lowest BCUT2D eigenvalue weighted by Gasteiger charge is -2.15. The first-order chi connectivity index (χ1) is 15.6. The summed E-state index contributed by atoms with van der Waals surface area (Å²) >= 11 is 12.6. The molecule has 4 rings (SSSR count). The summed E-state index contributed by atoms with van der Waals surface area (Å²) in [5.74, 6) is 1.78. The largest absolute Gasteiger partial charge is 0.487 e. The number of halogens is 3. The number of ether oxygens (including phenoxy) is 2. The summed E-state index contributed by atoms with van der Waals surface area (Å²) in [5.41, 5.74) is 2.56. The fraction of sp³-hybridized carbons (Fsp3) is 0.0769. The van der Waals surface area contributed by atoms with Gasteiger partial charge in [-0.15, -0.1) is 0 Å². The van der Waals surface area contributed by atoms with E-state index in [-0.39, 0.29) is 12.4 Å². The lowest BCUT2D eigenvalue weighted by Crippen LogP contribution is -2.04. The van der Waals surface area contributed by atoms with Crippen LogP contribution < -0.4 is 14.8 Å². The summed E-state index contributed by atoms with van der Waals surface area (Å²) in [7, 11) is 0. The van der Waals surface area contributed by atoms with Crippen molar-refractivity contribution in [2.75, 3.05) is 5.32 Å². The van der Waals surface area contributed by atoms with Crippen molar-refractivity contribution in [3.05, 3.63) is 118 Å². The normalized spacial score (nSPS) is 10.6. The predicted octanol–water partition coefficient (Wildman–Crippen LogP) is 8.12. The van der Waals surface area contributed by atoms with E-state index >= 15 is 0 Å². The summed E-state index contributed by atoms with van der Waals surface area (Å²) in [6.07, 6.45) is 0. The van der Waals surface area contributed by atoms with Gasteiger partial charge in [-0.05, 0) is 66.2 Å². The van der Waals surface area contributed by atoms with E-state index in [4.69, 9.17) is 32.7 Å². The fourth-order valence-corrected chi connectivity index (χ4v) is 3.70. The zero-order valence-electron chi connectivity index (χ0n) is 17.0. The zero-order valence-corrected chi connectivity index (χ0v) is 18.5. The molecule has 1 N–H and O–H groups in total. The maximum atomic E-state index is 13.1. The average molecular weight is 468 g/mol. The molecule has 0 bridgehead atoms. The standard InChI is InChI=1S/C26H20Cl2FNO2/c27-20-14-19(26(25(28)15-20)31-17-18-6-8-21(29)9-7-18)16-30-22-10-12-24(13-11-22)32-23-4-2-1-3-5-23/h1-15,30H,16-17H2. The van der Waals surface area contributed by atoms with Gasteiger partial charge in [-0.1, -0.05) is 53.5 Å². The Morgan fingerprint density at radius 3 is 2.19 bits per heavy atom. The van der Waals surface area contributed by atoms with Crippen molar-refractivity contribution in [1.29, 1.82) is 0 Å². The summed E-state index contributed by atoms with van der Waals surface area (Å²) < 4.78 is 24.9. The Balaban J connectivity index is 1.42. The van der Waals surface area contributed by atoms with Crippen LogP contribution in [-0.4, -0.2) is 0 Å². The minimum atomic E-state index is -0.289. The average Bonchev–Trinajstić information content (AvgIpc) is 2.80. The molecule has 0 fully saturated rings. The number of hydrogen-bond donors (Lipinski definition) is 1. The molecule has 3 nitrogen and oxygen atoms in total. The Labute approximate surface area is 196 Å². The van der Waals surface area contributed by atoms with Gasteiger partial charge in [0.05, 0.1) is 5.02 Å². The highest BCUT2D eigenvalue weighted by Gasteiger charge is 2.12. The molecule has 0 saturated carbocycles. The topological polar surface area (TPSA) is 30.5 Å². The molecule has 0 amide bonds. The zero-order chi connectivity index (χ0) is 22.3. The molecule has 0 aliphatic heterocycles. The van der Waals surface area contributed by atoms with Gasteiger partial charge in [0.15, 0.2) is 0 Å². The summed E-state index contributed by atoms with van der Waals surface area (Å²) in [6, 6.07) is 26.9. The van der Waals surface area contributed by atoms with Gasteiger partial charge in [-0.3, -0.25) is 0 Å². The van der Waals surface area contributed by atoms with Crippen LogP contribution in [0.3, 0.4) is 0 Å². The van der Waals surface area contributed by atoms with Crippen LogP contribution >= 0.6 is 23.2 Å². The number of benzene rings is 4. The van der Waals surface area contributed by atoms with Crippen molar-refractivity contribution < 1.29 is 13.9 Å². The van der Waals surface area contributed by atoms with E-state index in [0.717, 1.165) is 28.3 Å². The van der Waals surface area contributed by atoms with E-state index in [1.807, 2.05) is 60.7 Å². The summed E-state index contributed by atoms with van der Waals surface area (Å²) in [4.78, 5) is 0. The minimum Gasteiger partial charge on any atom is -0.487 e. The van der Waals surface area contributed by atoms with Crippen molar-refractivity contribution in [3.63, 3.8) is 0 Å². The molecule has 0 aliphatic carbocycles. The van der Waals surface area contributed by atoms with E-state index in [9.17, 15) is 4.39 Å². The number of hydrogen-bond acceptors (Lipinski definition) is 3. The van der Waals surface area contributed by atoms with Gasteiger partial charge in [-0.25, -0.2) is 4.39 Å². The van der Waals surface area contributed by atoms with Gasteiger partial charge >= 0.3 is 0 Å². The number of nitrogens with one attached hydrogen (secondary N) is 1. The monoisotopic (exact) mass is 467 g/mol. The second-order valence-electron chi connectivity index (χ2n) is 7.08. The molecular weight excluding hydrogens is 448 g/mol. The molecular formula is C26H20Cl2FNO2. The smallest absolute Gasteiger partial charge is 0.143 e. The quantitative estimate of drug-likeness (QED) is 0.283. The molecule has 0 aliphatic rings. The van der Waals surface area contributed by atoms with Gasteiger partial charge < -0.3 is 14.8 Å². The number of rotatable bonds is 8. The van der Waals surface area contributed by atoms with Crippen LogP contribution in [-0.2, 0) is 13.2 Å². The first-order valence-electron chi connectivity index (χ1n) is 9.99. The van der Waals surface area contributed by atoms with Crippen LogP contribution in [0, 0.1) is 5.82 Å². The number of para-hydroxylation sites is 1. The third-order valence-corrected chi connectivity index (χ3v) is 5.20. The van der Waals surface area contributed by atoms with Gasteiger partial charge in [-0.2, -0.15) is 0 Å². The first-order valence-corrected chi connectivity index (χ1v) is 10.7. The molecule has 4 aromatic rings. The Morgan fingerprint density at radius 2 is 1.47 bits per heavy atom. The van der Waals surface area contributed by atoms with Crippen molar-refractivity contribution in [2.45, 2.75) is 13.2 Å². The Hall–Kier alpha value is -3.21. The molecule has 0 saturated heterocycles. The second kappa shape index (κ2) is 10.4. The van der Waals surface area contributed by atoms with Crippen molar-refractivity contribution in [3.8, 4) is 17.2 Å². The van der Waals surface area contributed by atoms with Crippen molar-refractivity contribution >= 4 is 28.9 Å². The van der Waals surface area contributed by atoms with Crippen LogP contribution in [0.1, 0.15) is 11.1 Å². The summed E-state index contributed by atoms with van der Waals surface area (Å²) in [6.45, 7) is 0.720. The lowest BCUT2D eigenvalue weighted by atomic mass is 10.2. The first kappa shape index (κ1) is 22.0. The minimum absolute atomic E-state index is 0.264. The molecule has 0 radical (unpaired) electrons. The highest BCUT2D eigenvalue weighted by atomic mass is 35.5. The van der Waals surface area contributed by atoms with Crippen molar-refractivity contribution in [1.82, 2.24) is 0 Å². The van der Waals surface area contributed by atoms with E-state index in [0.29, 0.717) is 22.3 Å². The highest BCUT2D eigenvalue weighted by Crippen LogP contribution is 2.34. The molecule has 0 heterocycles. The molecule has 0 atom stereocenters. The lowest BCUT2D eigenvalue weighted by molar-refractivity contribution is 0.303. The van der Waals surface area contributed by atoms with Crippen LogP contribution in [0.15, 0.2) is 91.0 Å². The Morgan fingerprint density at radius 1 is 0.781 bits per heavy atom. The van der Waals surface area contributed by atoms with E-state index < -0.39 is 0 Å². The molecule has 0 spiro atoms. The molecule has 4 aromatic carbocycles.